The number of alkyl halides is 4. The van der Waals surface area contributed by atoms with Gasteiger partial charge in [-0.2, -0.15) is 13.2 Å². The Morgan fingerprint density at radius 1 is 1.14 bits per heavy atom. The van der Waals surface area contributed by atoms with Gasteiger partial charge >= 0.3 is 6.18 Å². The second kappa shape index (κ2) is 7.50. The zero-order valence-corrected chi connectivity index (χ0v) is 12.5. The summed E-state index contributed by atoms with van der Waals surface area (Å²) >= 11 is 6.33. The van der Waals surface area contributed by atoms with Crippen molar-refractivity contribution in [1.29, 1.82) is 0 Å². The predicted molar refractivity (Wildman–Crippen MR) is 77.7 cm³/mol. The van der Waals surface area contributed by atoms with Crippen molar-refractivity contribution in [3.8, 4) is 0 Å². The van der Waals surface area contributed by atoms with Gasteiger partial charge in [-0.1, -0.05) is 30.3 Å². The van der Waals surface area contributed by atoms with Crippen LogP contribution in [0.3, 0.4) is 0 Å². The maximum atomic E-state index is 12.0. The Labute approximate surface area is 128 Å². The van der Waals surface area contributed by atoms with Crippen molar-refractivity contribution in [3.05, 3.63) is 35.9 Å². The SMILES string of the molecule is FC(F)(F)COCCC1CC(c2ccccc2)CCC1Cl. The van der Waals surface area contributed by atoms with Crippen LogP contribution in [0.15, 0.2) is 30.3 Å². The van der Waals surface area contributed by atoms with Crippen molar-refractivity contribution in [2.45, 2.75) is 43.2 Å². The number of halogens is 4. The van der Waals surface area contributed by atoms with Crippen molar-refractivity contribution in [1.82, 2.24) is 0 Å². The average molecular weight is 321 g/mol. The maximum absolute atomic E-state index is 12.0. The molecule has 3 unspecified atom stereocenters. The van der Waals surface area contributed by atoms with E-state index in [2.05, 4.69) is 12.1 Å². The standard InChI is InChI=1S/C16H20ClF3O/c17-15-7-6-13(12-4-2-1-3-5-12)10-14(15)8-9-21-11-16(18,19)20/h1-5,13-15H,6-11H2. The largest absolute Gasteiger partial charge is 0.411 e. The summed E-state index contributed by atoms with van der Waals surface area (Å²) in [5.74, 6) is 0.674. The monoisotopic (exact) mass is 320 g/mol. The minimum Gasteiger partial charge on any atom is -0.372 e. The van der Waals surface area contributed by atoms with E-state index < -0.39 is 12.8 Å². The molecule has 1 nitrogen and oxygen atoms in total. The molecule has 1 aromatic carbocycles. The van der Waals surface area contributed by atoms with Crippen molar-refractivity contribution in [2.75, 3.05) is 13.2 Å². The van der Waals surface area contributed by atoms with Crippen molar-refractivity contribution in [2.24, 2.45) is 5.92 Å². The number of benzene rings is 1. The fraction of sp³-hybridized carbons (Fsp3) is 0.625. The molecule has 1 saturated carbocycles. The Hall–Kier alpha value is -0.740. The van der Waals surface area contributed by atoms with Gasteiger partial charge in [0.1, 0.15) is 6.61 Å². The van der Waals surface area contributed by atoms with E-state index in [1.165, 1.54) is 5.56 Å². The second-order valence-electron chi connectivity index (χ2n) is 5.65. The molecule has 1 aliphatic rings. The molecule has 0 radical (unpaired) electrons. The van der Waals surface area contributed by atoms with Gasteiger partial charge in [0.25, 0.3) is 0 Å². The minimum absolute atomic E-state index is 0.0412. The highest BCUT2D eigenvalue weighted by Crippen LogP contribution is 2.40. The molecule has 0 saturated heterocycles. The first-order chi connectivity index (χ1) is 9.96. The predicted octanol–water partition coefficient (Wildman–Crippen LogP) is 5.15. The molecule has 118 valence electrons. The van der Waals surface area contributed by atoms with E-state index in [0.717, 1.165) is 19.3 Å². The lowest BCUT2D eigenvalue weighted by molar-refractivity contribution is -0.174. The molecular formula is C16H20ClF3O. The molecule has 0 bridgehead atoms. The molecular weight excluding hydrogens is 301 g/mol. The highest BCUT2D eigenvalue weighted by Gasteiger charge is 2.31. The highest BCUT2D eigenvalue weighted by molar-refractivity contribution is 6.20. The smallest absolute Gasteiger partial charge is 0.372 e. The van der Waals surface area contributed by atoms with Gasteiger partial charge in [-0.05, 0) is 43.1 Å². The Bertz CT molecular complexity index is 421. The third kappa shape index (κ3) is 5.51. The van der Waals surface area contributed by atoms with Crippen molar-refractivity contribution < 1.29 is 17.9 Å². The quantitative estimate of drug-likeness (QED) is 0.538. The number of hydrogen-bond donors (Lipinski definition) is 0. The third-order valence-electron chi connectivity index (χ3n) is 4.06. The number of rotatable bonds is 5. The summed E-state index contributed by atoms with van der Waals surface area (Å²) in [5, 5.41) is 0.0412. The lowest BCUT2D eigenvalue weighted by Crippen LogP contribution is -2.26. The Morgan fingerprint density at radius 3 is 2.52 bits per heavy atom. The van der Waals surface area contributed by atoms with Gasteiger partial charge in [-0.15, -0.1) is 11.6 Å². The number of hydrogen-bond acceptors (Lipinski definition) is 1. The lowest BCUT2D eigenvalue weighted by atomic mass is 9.76. The summed E-state index contributed by atoms with van der Waals surface area (Å²) in [5.41, 5.74) is 1.29. The second-order valence-corrected chi connectivity index (χ2v) is 6.21. The highest BCUT2D eigenvalue weighted by atomic mass is 35.5. The Kier molecular flexibility index (Phi) is 5.94. The minimum atomic E-state index is -4.25. The fourth-order valence-corrected chi connectivity index (χ4v) is 3.33. The van der Waals surface area contributed by atoms with Crippen molar-refractivity contribution >= 4 is 11.6 Å². The van der Waals surface area contributed by atoms with E-state index in [-0.39, 0.29) is 17.9 Å². The van der Waals surface area contributed by atoms with Gasteiger partial charge in [-0.25, -0.2) is 0 Å². The topological polar surface area (TPSA) is 9.23 Å². The maximum Gasteiger partial charge on any atom is 0.411 e. The van der Waals surface area contributed by atoms with Crippen molar-refractivity contribution in [3.63, 3.8) is 0 Å². The molecule has 0 aliphatic heterocycles. The average Bonchev–Trinajstić information content (AvgIpc) is 2.45. The lowest BCUT2D eigenvalue weighted by Gasteiger charge is -2.33. The van der Waals surface area contributed by atoms with E-state index in [4.69, 9.17) is 16.3 Å². The molecule has 1 aromatic rings. The van der Waals surface area contributed by atoms with Crippen LogP contribution in [0.2, 0.25) is 0 Å². The zero-order valence-electron chi connectivity index (χ0n) is 11.8. The van der Waals surface area contributed by atoms with Crippen LogP contribution in [-0.4, -0.2) is 24.8 Å². The van der Waals surface area contributed by atoms with Crippen LogP contribution in [0.25, 0.3) is 0 Å². The van der Waals surface area contributed by atoms with Crippen LogP contribution in [-0.2, 0) is 4.74 Å². The molecule has 3 atom stereocenters. The van der Waals surface area contributed by atoms with E-state index in [9.17, 15) is 13.2 Å². The first-order valence-corrected chi connectivity index (χ1v) is 7.73. The Balaban J connectivity index is 1.81. The molecule has 0 amide bonds. The summed E-state index contributed by atoms with van der Waals surface area (Å²) in [6, 6.07) is 10.2. The third-order valence-corrected chi connectivity index (χ3v) is 4.63. The molecule has 1 aliphatic carbocycles. The van der Waals surface area contributed by atoms with Gasteiger partial charge < -0.3 is 4.74 Å². The van der Waals surface area contributed by atoms with E-state index in [1.54, 1.807) is 0 Å². The Morgan fingerprint density at radius 2 is 1.86 bits per heavy atom. The van der Waals surface area contributed by atoms with Gasteiger partial charge in [0.2, 0.25) is 0 Å². The van der Waals surface area contributed by atoms with Crippen LogP contribution in [0, 0.1) is 5.92 Å². The normalized spacial score (nSPS) is 26.8. The molecule has 5 heteroatoms. The fourth-order valence-electron chi connectivity index (χ4n) is 2.98. The summed E-state index contributed by atoms with van der Waals surface area (Å²) in [7, 11) is 0. The molecule has 2 rings (SSSR count). The van der Waals surface area contributed by atoms with Gasteiger partial charge in [-0.3, -0.25) is 0 Å². The first-order valence-electron chi connectivity index (χ1n) is 7.29. The van der Waals surface area contributed by atoms with Crippen LogP contribution in [0.1, 0.15) is 37.2 Å². The van der Waals surface area contributed by atoms with Gasteiger partial charge in [0.15, 0.2) is 0 Å². The van der Waals surface area contributed by atoms with E-state index in [0.29, 0.717) is 12.3 Å². The van der Waals surface area contributed by atoms with E-state index >= 15 is 0 Å². The molecule has 0 N–H and O–H groups in total. The van der Waals surface area contributed by atoms with Gasteiger partial charge in [0, 0.05) is 12.0 Å². The first kappa shape index (κ1) is 16.6. The van der Waals surface area contributed by atoms with E-state index in [1.807, 2.05) is 18.2 Å². The van der Waals surface area contributed by atoms with Crippen LogP contribution in [0.5, 0.6) is 0 Å². The van der Waals surface area contributed by atoms with Gasteiger partial charge in [0.05, 0.1) is 0 Å². The van der Waals surface area contributed by atoms with Crippen LogP contribution in [0.4, 0.5) is 13.2 Å². The summed E-state index contributed by atoms with van der Waals surface area (Å²) in [6.07, 6.45) is -0.788. The van der Waals surface area contributed by atoms with Crippen LogP contribution >= 0.6 is 11.6 Å². The zero-order chi connectivity index (χ0) is 15.3. The summed E-state index contributed by atoms with van der Waals surface area (Å²) in [4.78, 5) is 0. The summed E-state index contributed by atoms with van der Waals surface area (Å²) < 4.78 is 40.8. The molecule has 0 aromatic heterocycles. The number of ether oxygens (including phenoxy) is 1. The molecule has 0 spiro atoms. The molecule has 0 heterocycles. The molecule has 1 fully saturated rings. The summed E-state index contributed by atoms with van der Waals surface area (Å²) in [6.45, 7) is -1.05. The van der Waals surface area contributed by atoms with Crippen LogP contribution < -0.4 is 0 Å². The molecule has 21 heavy (non-hydrogen) atoms.